The van der Waals surface area contributed by atoms with Crippen molar-refractivity contribution in [2.24, 2.45) is 11.7 Å². The van der Waals surface area contributed by atoms with Crippen molar-refractivity contribution in [3.8, 4) is 0 Å². The van der Waals surface area contributed by atoms with Crippen molar-refractivity contribution in [3.63, 3.8) is 0 Å². The van der Waals surface area contributed by atoms with E-state index in [0.29, 0.717) is 19.0 Å². The number of pyridine rings is 1. The van der Waals surface area contributed by atoms with Gasteiger partial charge in [0.05, 0.1) is 6.10 Å². The van der Waals surface area contributed by atoms with Crippen LogP contribution in [-0.4, -0.2) is 49.0 Å². The number of nitrogens with zero attached hydrogens (tertiary/aromatic N) is 2. The minimum Gasteiger partial charge on any atom is -0.388 e. The quantitative estimate of drug-likeness (QED) is 0.821. The molecule has 21 heavy (non-hydrogen) atoms. The summed E-state index contributed by atoms with van der Waals surface area (Å²) in [7, 11) is -2.08. The minimum atomic E-state index is -3.68. The second-order valence-corrected chi connectivity index (χ2v) is 7.46. The molecule has 1 aromatic heterocycles. The van der Waals surface area contributed by atoms with Gasteiger partial charge in [-0.1, -0.05) is 19.1 Å². The largest absolute Gasteiger partial charge is 0.388 e. The summed E-state index contributed by atoms with van der Waals surface area (Å²) in [5.41, 5.74) is 5.72. The highest BCUT2D eigenvalue weighted by Crippen LogP contribution is 2.26. The maximum Gasteiger partial charge on any atom is 0.245 e. The molecule has 1 aliphatic rings. The third-order valence-corrected chi connectivity index (χ3v) is 5.87. The van der Waals surface area contributed by atoms with Gasteiger partial charge in [-0.15, -0.1) is 0 Å². The van der Waals surface area contributed by atoms with E-state index >= 15 is 0 Å². The third-order valence-electron chi connectivity index (χ3n) is 3.78. The summed E-state index contributed by atoms with van der Waals surface area (Å²) in [6, 6.07) is 3.05. The molecule has 116 valence electrons. The summed E-state index contributed by atoms with van der Waals surface area (Å²) in [5.74, 6) is 0.324. The van der Waals surface area contributed by atoms with Gasteiger partial charge in [-0.25, -0.2) is 8.42 Å². The van der Waals surface area contributed by atoms with Gasteiger partial charge < -0.3 is 10.5 Å². The van der Waals surface area contributed by atoms with Gasteiger partial charge in [0.25, 0.3) is 0 Å². The maximum atomic E-state index is 12.8. The monoisotopic (exact) mass is 329 g/mol. The highest BCUT2D eigenvalue weighted by Gasteiger charge is 2.35. The van der Waals surface area contributed by atoms with Crippen LogP contribution in [0.3, 0.4) is 0 Å². The SMILES string of the molecule is COC1CN(S(=O)(=O)c2cccnc2C(N)=S)CCC1C. The number of aromatic nitrogens is 1. The first kappa shape index (κ1) is 16.3. The van der Waals surface area contributed by atoms with E-state index in [-0.39, 0.29) is 21.7 Å². The predicted molar refractivity (Wildman–Crippen MR) is 83.5 cm³/mol. The molecule has 2 heterocycles. The van der Waals surface area contributed by atoms with E-state index < -0.39 is 10.0 Å². The summed E-state index contributed by atoms with van der Waals surface area (Å²) in [4.78, 5) is 4.02. The van der Waals surface area contributed by atoms with Crippen LogP contribution in [0, 0.1) is 5.92 Å². The van der Waals surface area contributed by atoms with Gasteiger partial charge >= 0.3 is 0 Å². The number of thiocarbonyl (C=S) groups is 1. The van der Waals surface area contributed by atoms with E-state index in [4.69, 9.17) is 22.7 Å². The van der Waals surface area contributed by atoms with Gasteiger partial charge in [0, 0.05) is 26.4 Å². The second-order valence-electron chi connectivity index (χ2n) is 5.12. The zero-order valence-corrected chi connectivity index (χ0v) is 13.7. The van der Waals surface area contributed by atoms with Crippen LogP contribution in [0.2, 0.25) is 0 Å². The normalized spacial score (nSPS) is 23.9. The fraction of sp³-hybridized carbons (Fsp3) is 0.538. The smallest absolute Gasteiger partial charge is 0.245 e. The van der Waals surface area contributed by atoms with Crippen LogP contribution in [0.1, 0.15) is 19.0 Å². The molecule has 0 spiro atoms. The van der Waals surface area contributed by atoms with Crippen molar-refractivity contribution in [2.75, 3.05) is 20.2 Å². The molecule has 0 amide bonds. The van der Waals surface area contributed by atoms with Crippen LogP contribution in [0.25, 0.3) is 0 Å². The Kier molecular flexibility index (Phi) is 4.92. The summed E-state index contributed by atoms with van der Waals surface area (Å²) in [5, 5.41) is 0. The summed E-state index contributed by atoms with van der Waals surface area (Å²) in [6.07, 6.45) is 2.11. The van der Waals surface area contributed by atoms with Crippen molar-refractivity contribution < 1.29 is 13.2 Å². The maximum absolute atomic E-state index is 12.8. The number of rotatable bonds is 4. The number of ether oxygens (including phenoxy) is 1. The predicted octanol–water partition coefficient (Wildman–Crippen LogP) is 0.761. The first-order valence-corrected chi connectivity index (χ1v) is 8.50. The topological polar surface area (TPSA) is 85.5 Å². The summed E-state index contributed by atoms with van der Waals surface area (Å²) in [6.45, 7) is 2.84. The van der Waals surface area contributed by atoms with E-state index in [9.17, 15) is 8.42 Å². The molecule has 6 nitrogen and oxygen atoms in total. The lowest BCUT2D eigenvalue weighted by molar-refractivity contribution is 0.0183. The lowest BCUT2D eigenvalue weighted by Gasteiger charge is -2.35. The molecule has 0 radical (unpaired) electrons. The van der Waals surface area contributed by atoms with Crippen molar-refractivity contribution in [1.29, 1.82) is 0 Å². The third kappa shape index (κ3) is 3.23. The van der Waals surface area contributed by atoms with Crippen molar-refractivity contribution in [3.05, 3.63) is 24.0 Å². The van der Waals surface area contributed by atoms with Crippen LogP contribution >= 0.6 is 12.2 Å². The Morgan fingerprint density at radius 3 is 2.90 bits per heavy atom. The van der Waals surface area contributed by atoms with Crippen LogP contribution in [-0.2, 0) is 14.8 Å². The molecule has 1 saturated heterocycles. The lowest BCUT2D eigenvalue weighted by Crippen LogP contribution is -2.46. The van der Waals surface area contributed by atoms with Gasteiger partial charge in [0.1, 0.15) is 15.6 Å². The molecule has 1 aliphatic heterocycles. The first-order valence-electron chi connectivity index (χ1n) is 6.65. The second kappa shape index (κ2) is 6.35. The number of methoxy groups -OCH3 is 1. The molecular formula is C13H19N3O3S2. The molecule has 0 bridgehead atoms. The fourth-order valence-electron chi connectivity index (χ4n) is 2.45. The van der Waals surface area contributed by atoms with Crippen LogP contribution < -0.4 is 5.73 Å². The Morgan fingerprint density at radius 1 is 1.57 bits per heavy atom. The first-order chi connectivity index (χ1) is 9.87. The van der Waals surface area contributed by atoms with E-state index in [1.165, 1.54) is 16.6 Å². The van der Waals surface area contributed by atoms with Gasteiger partial charge in [0.2, 0.25) is 10.0 Å². The van der Waals surface area contributed by atoms with Gasteiger partial charge in [0.15, 0.2) is 0 Å². The van der Waals surface area contributed by atoms with Crippen molar-refractivity contribution in [1.82, 2.24) is 9.29 Å². The number of sulfonamides is 1. The molecule has 8 heteroatoms. The van der Waals surface area contributed by atoms with Crippen LogP contribution in [0.5, 0.6) is 0 Å². The van der Waals surface area contributed by atoms with E-state index in [1.54, 1.807) is 13.2 Å². The molecule has 2 unspecified atom stereocenters. The van der Waals surface area contributed by atoms with Gasteiger partial charge in [-0.05, 0) is 24.5 Å². The van der Waals surface area contributed by atoms with Crippen molar-refractivity contribution >= 4 is 27.2 Å². The average molecular weight is 329 g/mol. The molecule has 2 atom stereocenters. The van der Waals surface area contributed by atoms with E-state index in [1.807, 2.05) is 0 Å². The lowest BCUT2D eigenvalue weighted by atomic mass is 9.97. The van der Waals surface area contributed by atoms with Gasteiger partial charge in [-0.2, -0.15) is 4.31 Å². The van der Waals surface area contributed by atoms with Crippen LogP contribution in [0.15, 0.2) is 23.2 Å². The zero-order valence-electron chi connectivity index (χ0n) is 12.0. The Morgan fingerprint density at radius 2 is 2.29 bits per heavy atom. The Hall–Kier alpha value is -1.09. The number of nitrogens with two attached hydrogens (primary N) is 1. The summed E-state index contributed by atoms with van der Waals surface area (Å²) >= 11 is 4.89. The van der Waals surface area contributed by atoms with E-state index in [0.717, 1.165) is 6.42 Å². The fourth-order valence-corrected chi connectivity index (χ4v) is 4.31. The van der Waals surface area contributed by atoms with Crippen LogP contribution in [0.4, 0.5) is 0 Å². The average Bonchev–Trinajstić information content (AvgIpc) is 2.47. The van der Waals surface area contributed by atoms with Crippen molar-refractivity contribution in [2.45, 2.75) is 24.3 Å². The Balaban J connectivity index is 2.37. The standard InChI is InChI=1S/C13H19N3O3S2/c1-9-5-7-16(8-10(9)19-2)21(17,18)11-4-3-6-15-12(11)13(14)20/h3-4,6,9-10H,5,7-8H2,1-2H3,(H2,14,20). The Bertz CT molecular complexity index is 633. The Labute approximate surface area is 130 Å². The van der Waals surface area contributed by atoms with Gasteiger partial charge in [-0.3, -0.25) is 4.98 Å². The number of hydrogen-bond donors (Lipinski definition) is 1. The molecule has 0 aromatic carbocycles. The molecule has 2 N–H and O–H groups in total. The molecule has 1 aromatic rings. The highest BCUT2D eigenvalue weighted by molar-refractivity contribution is 7.89. The number of hydrogen-bond acceptors (Lipinski definition) is 5. The molecule has 2 rings (SSSR count). The van der Waals surface area contributed by atoms with E-state index in [2.05, 4.69) is 11.9 Å². The number of piperidine rings is 1. The molecular weight excluding hydrogens is 310 g/mol. The highest BCUT2D eigenvalue weighted by atomic mass is 32.2. The minimum absolute atomic E-state index is 0.0251. The molecule has 1 fully saturated rings. The zero-order chi connectivity index (χ0) is 15.6. The summed E-state index contributed by atoms with van der Waals surface area (Å²) < 4.78 is 32.4. The molecule has 0 aliphatic carbocycles. The molecule has 0 saturated carbocycles.